The van der Waals surface area contributed by atoms with Crippen LogP contribution in [0.3, 0.4) is 0 Å². The van der Waals surface area contributed by atoms with Crippen LogP contribution in [-0.4, -0.2) is 37.0 Å². The Morgan fingerprint density at radius 2 is 2.00 bits per heavy atom. The molecule has 1 saturated heterocycles. The Morgan fingerprint density at radius 1 is 1.31 bits per heavy atom. The van der Waals surface area contributed by atoms with Gasteiger partial charge in [-0.2, -0.15) is 0 Å². The predicted octanol–water partition coefficient (Wildman–Crippen LogP) is 2.16. The third kappa shape index (κ3) is 2.47. The Bertz CT molecular complexity index is 346. The van der Waals surface area contributed by atoms with E-state index in [1.165, 1.54) is 0 Å². The largest absolute Gasteiger partial charge is 0.302 e. The van der Waals surface area contributed by atoms with Gasteiger partial charge in [-0.25, -0.2) is 0 Å². The van der Waals surface area contributed by atoms with E-state index in [2.05, 4.69) is 4.90 Å². The number of nitrogens with zero attached hydrogens (tertiary/aromatic N) is 1. The van der Waals surface area contributed by atoms with E-state index in [9.17, 15) is 9.18 Å². The molecule has 1 heterocycles. The average Bonchev–Trinajstić information content (AvgIpc) is 2.28. The van der Waals surface area contributed by atoms with Crippen LogP contribution in [0.5, 0.6) is 0 Å². The number of hydrogen-bond donors (Lipinski definition) is 0. The number of carbonyl (C=O) groups excluding carboxylic acids is 1. The minimum atomic E-state index is -0.270. The topological polar surface area (TPSA) is 20.3 Å². The molecule has 0 aromatic heterocycles. The molecule has 1 fully saturated rings. The molecule has 16 heavy (non-hydrogen) atoms. The van der Waals surface area contributed by atoms with E-state index in [4.69, 9.17) is 0 Å². The second kappa shape index (κ2) is 5.21. The minimum Gasteiger partial charge on any atom is -0.302 e. The van der Waals surface area contributed by atoms with Gasteiger partial charge in [-0.05, 0) is 6.42 Å². The fourth-order valence-electron chi connectivity index (χ4n) is 2.04. The number of halogens is 1. The number of Topliss-reactive ketones (excluding diaryl/α,β-unsaturated/α-hetero) is 1. The van der Waals surface area contributed by atoms with Crippen molar-refractivity contribution in [2.75, 3.05) is 26.3 Å². The predicted molar refractivity (Wildman–Crippen MR) is 61.3 cm³/mol. The zero-order valence-electron chi connectivity index (χ0n) is 9.23. The smallest absolute Gasteiger partial charge is 0.168 e. The van der Waals surface area contributed by atoms with Gasteiger partial charge < -0.3 is 4.90 Å². The fraction of sp³-hybridized carbons (Fsp3) is 0.462. The second-order valence-electron chi connectivity index (χ2n) is 4.23. The van der Waals surface area contributed by atoms with Crippen LogP contribution < -0.4 is 0 Å². The maximum Gasteiger partial charge on any atom is 0.168 e. The normalized spacial score (nSPS) is 17.1. The molecule has 2 rings (SSSR count). The lowest BCUT2D eigenvalue weighted by atomic mass is 9.90. The summed E-state index contributed by atoms with van der Waals surface area (Å²) in [4.78, 5) is 14.1. The van der Waals surface area contributed by atoms with Gasteiger partial charge in [-0.15, -0.1) is 0 Å². The van der Waals surface area contributed by atoms with E-state index in [1.807, 2.05) is 30.3 Å². The summed E-state index contributed by atoms with van der Waals surface area (Å²) >= 11 is 0. The van der Waals surface area contributed by atoms with Crippen LogP contribution in [-0.2, 0) is 0 Å². The molecule has 0 N–H and O–H groups in total. The van der Waals surface area contributed by atoms with Gasteiger partial charge in [0.1, 0.15) is 0 Å². The van der Waals surface area contributed by atoms with Gasteiger partial charge in [-0.3, -0.25) is 9.18 Å². The molecule has 2 nitrogen and oxygen atoms in total. The molecule has 86 valence electrons. The van der Waals surface area contributed by atoms with E-state index in [-0.39, 0.29) is 18.4 Å². The quantitative estimate of drug-likeness (QED) is 0.710. The summed E-state index contributed by atoms with van der Waals surface area (Å²) in [5.74, 6) is 0.333. The fourth-order valence-corrected chi connectivity index (χ4v) is 2.04. The van der Waals surface area contributed by atoms with Gasteiger partial charge in [0.05, 0.1) is 6.67 Å². The van der Waals surface area contributed by atoms with E-state index in [0.717, 1.165) is 25.2 Å². The maximum absolute atomic E-state index is 11.9. The lowest BCUT2D eigenvalue weighted by molar-refractivity contribution is 0.0613. The summed E-state index contributed by atoms with van der Waals surface area (Å²) in [6.07, 6.45) is 0.576. The van der Waals surface area contributed by atoms with E-state index in [1.54, 1.807) is 0 Å². The van der Waals surface area contributed by atoms with Crippen molar-refractivity contribution in [1.29, 1.82) is 0 Å². The lowest BCUT2D eigenvalue weighted by Gasteiger charge is -2.38. The molecule has 3 heteroatoms. The van der Waals surface area contributed by atoms with Crippen molar-refractivity contribution in [2.45, 2.75) is 6.42 Å². The Kier molecular flexibility index (Phi) is 3.67. The van der Waals surface area contributed by atoms with Crippen molar-refractivity contribution in [3.05, 3.63) is 35.9 Å². The minimum absolute atomic E-state index is 0.113. The van der Waals surface area contributed by atoms with Crippen molar-refractivity contribution in [3.63, 3.8) is 0 Å². The van der Waals surface area contributed by atoms with Gasteiger partial charge in [-0.1, -0.05) is 30.3 Å². The zero-order valence-corrected chi connectivity index (χ0v) is 9.23. The second-order valence-corrected chi connectivity index (χ2v) is 4.23. The summed E-state index contributed by atoms with van der Waals surface area (Å²) in [6.45, 7) is 2.07. The van der Waals surface area contributed by atoms with Gasteiger partial charge >= 0.3 is 0 Å². The average molecular weight is 221 g/mol. The Hall–Kier alpha value is -1.22. The molecule has 1 aliphatic rings. The lowest BCUT2D eigenvalue weighted by Crippen LogP contribution is -2.50. The first-order valence-electron chi connectivity index (χ1n) is 5.69. The third-order valence-electron chi connectivity index (χ3n) is 2.99. The van der Waals surface area contributed by atoms with Crippen molar-refractivity contribution < 1.29 is 9.18 Å². The van der Waals surface area contributed by atoms with Gasteiger partial charge in [0.25, 0.3) is 0 Å². The van der Waals surface area contributed by atoms with Crippen LogP contribution in [0, 0.1) is 5.92 Å². The number of hydrogen-bond acceptors (Lipinski definition) is 2. The Morgan fingerprint density at radius 3 is 2.62 bits per heavy atom. The molecule has 1 aromatic carbocycles. The van der Waals surface area contributed by atoms with Crippen LogP contribution >= 0.6 is 0 Å². The summed E-state index contributed by atoms with van der Waals surface area (Å²) in [7, 11) is 0. The summed E-state index contributed by atoms with van der Waals surface area (Å²) in [6, 6.07) is 9.38. The number of carbonyl (C=O) groups is 1. The number of benzene rings is 1. The SMILES string of the molecule is O=C(c1ccccc1)C1CN(CCCF)C1. The summed E-state index contributed by atoms with van der Waals surface area (Å²) in [5.41, 5.74) is 0.789. The molecule has 0 bridgehead atoms. The Balaban J connectivity index is 1.82. The highest BCUT2D eigenvalue weighted by molar-refractivity contribution is 5.98. The van der Waals surface area contributed by atoms with Gasteiger partial charge in [0, 0.05) is 31.1 Å². The molecule has 0 unspecified atom stereocenters. The zero-order chi connectivity index (χ0) is 11.4. The van der Waals surface area contributed by atoms with Crippen LogP contribution in [0.1, 0.15) is 16.8 Å². The van der Waals surface area contributed by atoms with Crippen LogP contribution in [0.25, 0.3) is 0 Å². The third-order valence-corrected chi connectivity index (χ3v) is 2.99. The first-order valence-corrected chi connectivity index (χ1v) is 5.69. The highest BCUT2D eigenvalue weighted by Gasteiger charge is 2.32. The first-order chi connectivity index (χ1) is 7.81. The Labute approximate surface area is 95.1 Å². The molecule has 0 atom stereocenters. The van der Waals surface area contributed by atoms with E-state index >= 15 is 0 Å². The van der Waals surface area contributed by atoms with Gasteiger partial charge in [0.15, 0.2) is 5.78 Å². The van der Waals surface area contributed by atoms with E-state index < -0.39 is 0 Å². The summed E-state index contributed by atoms with van der Waals surface area (Å²) in [5, 5.41) is 0. The van der Waals surface area contributed by atoms with E-state index in [0.29, 0.717) is 6.42 Å². The molecule has 0 amide bonds. The van der Waals surface area contributed by atoms with Crippen LogP contribution in [0.4, 0.5) is 4.39 Å². The maximum atomic E-state index is 11.9. The van der Waals surface area contributed by atoms with Crippen LogP contribution in [0.2, 0.25) is 0 Å². The number of ketones is 1. The molecular formula is C13H16FNO. The number of rotatable bonds is 5. The van der Waals surface area contributed by atoms with Crippen molar-refractivity contribution in [2.24, 2.45) is 5.92 Å². The monoisotopic (exact) mass is 221 g/mol. The molecular weight excluding hydrogens is 205 g/mol. The van der Waals surface area contributed by atoms with Crippen molar-refractivity contribution in [1.82, 2.24) is 4.90 Å². The number of likely N-dealkylation sites (tertiary alicyclic amines) is 1. The summed E-state index contributed by atoms with van der Waals surface area (Å²) < 4.78 is 11.9. The van der Waals surface area contributed by atoms with Crippen molar-refractivity contribution >= 4 is 5.78 Å². The standard InChI is InChI=1S/C13H16FNO/c14-7-4-8-15-9-12(10-15)13(16)11-5-2-1-3-6-11/h1-3,5-6,12H,4,7-10H2. The molecule has 0 aliphatic carbocycles. The molecule has 0 spiro atoms. The highest BCUT2D eigenvalue weighted by atomic mass is 19.1. The molecule has 1 aromatic rings. The molecule has 0 saturated carbocycles. The first kappa shape index (κ1) is 11.3. The van der Waals surface area contributed by atoms with Crippen LogP contribution in [0.15, 0.2) is 30.3 Å². The molecule has 1 aliphatic heterocycles. The molecule has 0 radical (unpaired) electrons. The van der Waals surface area contributed by atoms with Crippen molar-refractivity contribution in [3.8, 4) is 0 Å². The van der Waals surface area contributed by atoms with Gasteiger partial charge in [0.2, 0.25) is 0 Å². The highest BCUT2D eigenvalue weighted by Crippen LogP contribution is 2.20. The number of alkyl halides is 1.